The van der Waals surface area contributed by atoms with Crippen molar-refractivity contribution < 1.29 is 9.57 Å². The molecular weight excluding hydrogens is 403 g/mol. The highest BCUT2D eigenvalue weighted by molar-refractivity contribution is 14.1. The van der Waals surface area contributed by atoms with Crippen LogP contribution in [0.15, 0.2) is 47.6 Å². The van der Waals surface area contributed by atoms with E-state index in [1.54, 1.807) is 12.3 Å². The van der Waals surface area contributed by atoms with Crippen LogP contribution < -0.4 is 4.74 Å². The number of hydrogen-bond donors (Lipinski definition) is 0. The Labute approximate surface area is 148 Å². The van der Waals surface area contributed by atoms with Crippen molar-refractivity contribution in [2.75, 3.05) is 6.61 Å². The van der Waals surface area contributed by atoms with Crippen LogP contribution in [0.2, 0.25) is 0 Å². The zero-order valence-corrected chi connectivity index (χ0v) is 14.4. The van der Waals surface area contributed by atoms with E-state index in [-0.39, 0.29) is 13.2 Å². The second kappa shape index (κ2) is 8.82. The summed E-state index contributed by atoms with van der Waals surface area (Å²) in [5, 5.41) is 12.9. The molecule has 0 bridgehead atoms. The molecule has 0 aliphatic rings. The molecular formula is C18H13IN2O2. The summed E-state index contributed by atoms with van der Waals surface area (Å²) >= 11 is 2.17. The SMILES string of the molecule is C#CCOc1ccc(/C=N\OCc2ccccc2C#N)cc1I. The van der Waals surface area contributed by atoms with Gasteiger partial charge in [0, 0.05) is 5.56 Å². The fraction of sp³-hybridized carbons (Fsp3) is 0.111. The molecule has 2 rings (SSSR count). The van der Waals surface area contributed by atoms with Crippen LogP contribution in [0.3, 0.4) is 0 Å². The van der Waals surface area contributed by atoms with E-state index < -0.39 is 0 Å². The molecule has 0 heterocycles. The molecule has 0 unspecified atom stereocenters. The number of halogens is 1. The van der Waals surface area contributed by atoms with E-state index in [0.29, 0.717) is 5.56 Å². The standard InChI is InChI=1S/C18H13IN2O2/c1-2-9-22-18-8-7-14(10-17(18)19)12-21-23-13-16-6-4-3-5-15(16)11-20/h1,3-8,10,12H,9,13H2/b21-12-. The molecule has 23 heavy (non-hydrogen) atoms. The van der Waals surface area contributed by atoms with Crippen LogP contribution in [-0.4, -0.2) is 12.8 Å². The second-order valence-corrected chi connectivity index (χ2v) is 5.62. The van der Waals surface area contributed by atoms with Crippen molar-refractivity contribution in [3.63, 3.8) is 0 Å². The normalized spacial score (nSPS) is 10.0. The van der Waals surface area contributed by atoms with Crippen LogP contribution in [0.1, 0.15) is 16.7 Å². The molecule has 4 nitrogen and oxygen atoms in total. The van der Waals surface area contributed by atoms with Crippen molar-refractivity contribution >= 4 is 28.8 Å². The first-order chi connectivity index (χ1) is 11.2. The highest BCUT2D eigenvalue weighted by Crippen LogP contribution is 2.21. The van der Waals surface area contributed by atoms with Gasteiger partial charge in [0.05, 0.1) is 21.4 Å². The lowest BCUT2D eigenvalue weighted by atomic mass is 10.1. The molecule has 0 atom stereocenters. The van der Waals surface area contributed by atoms with E-state index in [1.165, 1.54) is 0 Å². The van der Waals surface area contributed by atoms with Crippen LogP contribution in [0.25, 0.3) is 0 Å². The molecule has 0 aromatic heterocycles. The van der Waals surface area contributed by atoms with Crippen molar-refractivity contribution in [3.05, 3.63) is 62.7 Å². The largest absolute Gasteiger partial charge is 0.480 e. The summed E-state index contributed by atoms with van der Waals surface area (Å²) in [6.45, 7) is 0.492. The van der Waals surface area contributed by atoms with Crippen LogP contribution in [0.5, 0.6) is 5.75 Å². The number of ether oxygens (including phenoxy) is 1. The van der Waals surface area contributed by atoms with Gasteiger partial charge in [0.25, 0.3) is 0 Å². The Morgan fingerprint density at radius 1 is 1.26 bits per heavy atom. The number of nitriles is 1. The van der Waals surface area contributed by atoms with Gasteiger partial charge < -0.3 is 9.57 Å². The van der Waals surface area contributed by atoms with E-state index in [0.717, 1.165) is 20.4 Å². The van der Waals surface area contributed by atoms with E-state index >= 15 is 0 Å². The van der Waals surface area contributed by atoms with Gasteiger partial charge in [-0.1, -0.05) is 29.3 Å². The lowest BCUT2D eigenvalue weighted by Crippen LogP contribution is -1.96. The molecule has 2 aromatic carbocycles. The average molecular weight is 416 g/mol. The number of hydrogen-bond acceptors (Lipinski definition) is 4. The summed E-state index contributed by atoms with van der Waals surface area (Å²) in [4.78, 5) is 5.26. The van der Waals surface area contributed by atoms with Gasteiger partial charge in [0.1, 0.15) is 19.0 Å². The van der Waals surface area contributed by atoms with Gasteiger partial charge in [0.2, 0.25) is 0 Å². The van der Waals surface area contributed by atoms with Crippen LogP contribution in [-0.2, 0) is 11.4 Å². The van der Waals surface area contributed by atoms with Crippen molar-refractivity contribution in [3.8, 4) is 24.2 Å². The van der Waals surface area contributed by atoms with Gasteiger partial charge in [-0.15, -0.1) is 6.42 Å². The molecule has 5 heteroatoms. The molecule has 0 radical (unpaired) electrons. The Kier molecular flexibility index (Phi) is 6.46. The van der Waals surface area contributed by atoms with Crippen molar-refractivity contribution in [2.24, 2.45) is 5.16 Å². The minimum atomic E-state index is 0.241. The highest BCUT2D eigenvalue weighted by Gasteiger charge is 2.02. The van der Waals surface area contributed by atoms with Crippen LogP contribution in [0.4, 0.5) is 0 Å². The van der Waals surface area contributed by atoms with Gasteiger partial charge in [-0.05, 0) is 52.4 Å². The predicted octanol–water partition coefficient (Wildman–Crippen LogP) is 3.73. The molecule has 114 valence electrons. The minimum Gasteiger partial charge on any atom is -0.480 e. The summed E-state index contributed by atoms with van der Waals surface area (Å²) in [6.07, 6.45) is 6.78. The highest BCUT2D eigenvalue weighted by atomic mass is 127. The summed E-state index contributed by atoms with van der Waals surface area (Å²) in [6, 6.07) is 15.0. The maximum atomic E-state index is 9.00. The van der Waals surface area contributed by atoms with E-state index in [4.69, 9.17) is 21.3 Å². The Hall–Kier alpha value is -2.51. The smallest absolute Gasteiger partial charge is 0.148 e. The average Bonchev–Trinajstić information content (AvgIpc) is 2.58. The monoisotopic (exact) mass is 416 g/mol. The second-order valence-electron chi connectivity index (χ2n) is 4.46. The molecule has 0 amide bonds. The van der Waals surface area contributed by atoms with Gasteiger partial charge in [-0.2, -0.15) is 5.26 Å². The summed E-state index contributed by atoms with van der Waals surface area (Å²) in [7, 11) is 0. The molecule has 2 aromatic rings. The minimum absolute atomic E-state index is 0.241. The van der Waals surface area contributed by atoms with E-state index in [9.17, 15) is 0 Å². The Morgan fingerprint density at radius 2 is 2.09 bits per heavy atom. The number of terminal acetylenes is 1. The Morgan fingerprint density at radius 3 is 2.83 bits per heavy atom. The zero-order chi connectivity index (χ0) is 16.5. The van der Waals surface area contributed by atoms with Crippen LogP contribution >= 0.6 is 22.6 Å². The summed E-state index contributed by atoms with van der Waals surface area (Å²) < 4.78 is 6.34. The molecule has 0 aliphatic heterocycles. The maximum absolute atomic E-state index is 9.00. The fourth-order valence-electron chi connectivity index (χ4n) is 1.79. The van der Waals surface area contributed by atoms with Crippen LogP contribution in [0, 0.1) is 27.2 Å². The summed E-state index contributed by atoms with van der Waals surface area (Å²) in [5.74, 6) is 3.17. The maximum Gasteiger partial charge on any atom is 0.148 e. The number of benzene rings is 2. The Bertz CT molecular complexity index is 788. The lowest BCUT2D eigenvalue weighted by Gasteiger charge is -2.05. The fourth-order valence-corrected chi connectivity index (χ4v) is 2.49. The number of rotatable bonds is 6. The van der Waals surface area contributed by atoms with E-state index in [1.807, 2.05) is 36.4 Å². The van der Waals surface area contributed by atoms with Gasteiger partial charge in [0.15, 0.2) is 0 Å². The molecule has 0 N–H and O–H groups in total. The molecule has 0 saturated carbocycles. The number of oxime groups is 1. The van der Waals surface area contributed by atoms with Gasteiger partial charge in [-0.3, -0.25) is 0 Å². The predicted molar refractivity (Wildman–Crippen MR) is 97.0 cm³/mol. The first-order valence-corrected chi connectivity index (χ1v) is 7.81. The number of nitrogens with zero attached hydrogens (tertiary/aromatic N) is 2. The van der Waals surface area contributed by atoms with Crippen molar-refractivity contribution in [2.45, 2.75) is 6.61 Å². The quantitative estimate of drug-likeness (QED) is 0.312. The van der Waals surface area contributed by atoms with E-state index in [2.05, 4.69) is 39.7 Å². The third-order valence-corrected chi connectivity index (χ3v) is 3.74. The molecule has 0 aliphatic carbocycles. The first kappa shape index (κ1) is 16.9. The third-order valence-electron chi connectivity index (χ3n) is 2.90. The molecule has 0 saturated heterocycles. The Balaban J connectivity index is 1.95. The first-order valence-electron chi connectivity index (χ1n) is 6.73. The zero-order valence-electron chi connectivity index (χ0n) is 12.2. The van der Waals surface area contributed by atoms with Gasteiger partial charge in [-0.25, -0.2) is 0 Å². The van der Waals surface area contributed by atoms with Crippen molar-refractivity contribution in [1.29, 1.82) is 5.26 Å². The van der Waals surface area contributed by atoms with Gasteiger partial charge >= 0.3 is 0 Å². The topological polar surface area (TPSA) is 54.6 Å². The molecule has 0 fully saturated rings. The lowest BCUT2D eigenvalue weighted by molar-refractivity contribution is 0.132. The summed E-state index contributed by atoms with van der Waals surface area (Å²) in [5.41, 5.74) is 2.28. The molecule has 0 spiro atoms. The third kappa shape index (κ3) is 5.01. The van der Waals surface area contributed by atoms with Crippen molar-refractivity contribution in [1.82, 2.24) is 0 Å².